The smallest absolute Gasteiger partial charge is 0.0543 e. The van der Waals surface area contributed by atoms with E-state index >= 15 is 0 Å². The van der Waals surface area contributed by atoms with Crippen LogP contribution in [-0.4, -0.2) is 22.9 Å². The topological polar surface area (TPSA) is 40.5 Å². The van der Waals surface area contributed by atoms with Crippen molar-refractivity contribution in [3.8, 4) is 0 Å². The average Bonchev–Trinajstić information content (AvgIpc) is 2.34. The normalized spacial score (nSPS) is 36.3. The molecule has 1 aliphatic carbocycles. The minimum Gasteiger partial charge on any atom is -0.396 e. The first kappa shape index (κ1) is 8.02. The molecule has 10 heavy (non-hydrogen) atoms. The number of aliphatic hydroxyl groups is 2. The fourth-order valence-electron chi connectivity index (χ4n) is 1.66. The third-order valence-electron chi connectivity index (χ3n) is 2.54. The van der Waals surface area contributed by atoms with Crippen molar-refractivity contribution >= 4 is 0 Å². The molecular weight excluding hydrogens is 128 g/mol. The first-order valence-electron chi connectivity index (χ1n) is 4.03. The van der Waals surface area contributed by atoms with Crippen molar-refractivity contribution in [2.75, 3.05) is 6.61 Å². The van der Waals surface area contributed by atoms with E-state index < -0.39 is 0 Å². The highest BCUT2D eigenvalue weighted by molar-refractivity contribution is 4.77. The molecule has 3 unspecified atom stereocenters. The van der Waals surface area contributed by atoms with Crippen molar-refractivity contribution in [3.05, 3.63) is 0 Å². The molecule has 2 heteroatoms. The van der Waals surface area contributed by atoms with Crippen LogP contribution < -0.4 is 0 Å². The van der Waals surface area contributed by atoms with Gasteiger partial charge in [-0.3, -0.25) is 0 Å². The van der Waals surface area contributed by atoms with Gasteiger partial charge in [-0.25, -0.2) is 0 Å². The van der Waals surface area contributed by atoms with Crippen molar-refractivity contribution in [2.45, 2.75) is 32.3 Å². The van der Waals surface area contributed by atoms with Crippen LogP contribution in [0.15, 0.2) is 0 Å². The standard InChI is InChI=1S/C8H16O2/c1-6(5-9)7-2-3-8(10)4-7/h6-10H,2-5H2,1H3. The van der Waals surface area contributed by atoms with Crippen molar-refractivity contribution < 1.29 is 10.2 Å². The molecule has 0 radical (unpaired) electrons. The molecule has 1 aliphatic rings. The van der Waals surface area contributed by atoms with Gasteiger partial charge >= 0.3 is 0 Å². The fourth-order valence-corrected chi connectivity index (χ4v) is 1.66. The number of aliphatic hydroxyl groups excluding tert-OH is 2. The third kappa shape index (κ3) is 1.70. The van der Waals surface area contributed by atoms with Gasteiger partial charge < -0.3 is 10.2 Å². The predicted molar refractivity (Wildman–Crippen MR) is 39.6 cm³/mol. The fraction of sp³-hybridized carbons (Fsp3) is 1.00. The molecule has 60 valence electrons. The van der Waals surface area contributed by atoms with Gasteiger partial charge in [-0.1, -0.05) is 6.92 Å². The second kappa shape index (κ2) is 3.35. The van der Waals surface area contributed by atoms with Crippen molar-refractivity contribution in [1.29, 1.82) is 0 Å². The minimum atomic E-state index is -0.0981. The van der Waals surface area contributed by atoms with Crippen LogP contribution in [0.5, 0.6) is 0 Å². The Balaban J connectivity index is 2.29. The highest BCUT2D eigenvalue weighted by atomic mass is 16.3. The Morgan fingerprint density at radius 2 is 2.20 bits per heavy atom. The molecule has 0 aromatic carbocycles. The summed E-state index contributed by atoms with van der Waals surface area (Å²) in [5.41, 5.74) is 0. The van der Waals surface area contributed by atoms with Crippen LogP contribution >= 0.6 is 0 Å². The largest absolute Gasteiger partial charge is 0.396 e. The molecule has 0 amide bonds. The summed E-state index contributed by atoms with van der Waals surface area (Å²) in [5, 5.41) is 18.0. The Bertz CT molecular complexity index is 103. The molecule has 0 aromatic heterocycles. The zero-order valence-electron chi connectivity index (χ0n) is 6.45. The molecule has 3 atom stereocenters. The van der Waals surface area contributed by atoms with Gasteiger partial charge in [0.2, 0.25) is 0 Å². The Morgan fingerprint density at radius 1 is 1.50 bits per heavy atom. The van der Waals surface area contributed by atoms with Crippen LogP contribution in [0.25, 0.3) is 0 Å². The monoisotopic (exact) mass is 144 g/mol. The van der Waals surface area contributed by atoms with Crippen LogP contribution in [0.4, 0.5) is 0 Å². The van der Waals surface area contributed by atoms with Gasteiger partial charge in [0, 0.05) is 6.61 Å². The van der Waals surface area contributed by atoms with Crippen LogP contribution in [0.1, 0.15) is 26.2 Å². The maximum Gasteiger partial charge on any atom is 0.0543 e. The molecule has 0 aliphatic heterocycles. The van der Waals surface area contributed by atoms with Crippen molar-refractivity contribution in [1.82, 2.24) is 0 Å². The van der Waals surface area contributed by atoms with E-state index in [0.29, 0.717) is 11.8 Å². The number of hydrogen-bond donors (Lipinski definition) is 2. The molecule has 0 aromatic rings. The lowest BCUT2D eigenvalue weighted by Crippen LogP contribution is -2.13. The van der Waals surface area contributed by atoms with Crippen LogP contribution in [0.2, 0.25) is 0 Å². The van der Waals surface area contributed by atoms with E-state index in [9.17, 15) is 0 Å². The molecular formula is C8H16O2. The zero-order chi connectivity index (χ0) is 7.56. The summed E-state index contributed by atoms with van der Waals surface area (Å²) < 4.78 is 0. The van der Waals surface area contributed by atoms with E-state index in [1.807, 2.05) is 6.92 Å². The lowest BCUT2D eigenvalue weighted by atomic mass is 9.93. The number of rotatable bonds is 2. The zero-order valence-corrected chi connectivity index (χ0v) is 6.45. The summed E-state index contributed by atoms with van der Waals surface area (Å²) in [6.07, 6.45) is 2.80. The summed E-state index contributed by atoms with van der Waals surface area (Å²) in [6, 6.07) is 0. The molecule has 1 fully saturated rings. The summed E-state index contributed by atoms with van der Waals surface area (Å²) >= 11 is 0. The molecule has 0 saturated heterocycles. The van der Waals surface area contributed by atoms with Gasteiger partial charge in [-0.2, -0.15) is 0 Å². The Morgan fingerprint density at radius 3 is 2.60 bits per heavy atom. The Labute approximate surface area is 61.9 Å². The second-order valence-corrected chi connectivity index (χ2v) is 3.39. The molecule has 2 N–H and O–H groups in total. The van der Waals surface area contributed by atoms with Gasteiger partial charge in [0.15, 0.2) is 0 Å². The maximum absolute atomic E-state index is 9.16. The van der Waals surface area contributed by atoms with Crippen LogP contribution in [-0.2, 0) is 0 Å². The Hall–Kier alpha value is -0.0800. The van der Waals surface area contributed by atoms with Crippen molar-refractivity contribution in [2.24, 2.45) is 11.8 Å². The quantitative estimate of drug-likeness (QED) is 0.601. The SMILES string of the molecule is CC(CO)C1CCC(O)C1. The molecule has 1 saturated carbocycles. The van der Waals surface area contributed by atoms with Crippen LogP contribution in [0, 0.1) is 11.8 Å². The summed E-state index contributed by atoms with van der Waals surface area (Å²) in [4.78, 5) is 0. The highest BCUT2D eigenvalue weighted by Crippen LogP contribution is 2.30. The predicted octanol–water partition coefficient (Wildman–Crippen LogP) is 0.776. The van der Waals surface area contributed by atoms with Gasteiger partial charge in [0.05, 0.1) is 6.10 Å². The van der Waals surface area contributed by atoms with Gasteiger partial charge in [-0.15, -0.1) is 0 Å². The summed E-state index contributed by atoms with van der Waals surface area (Å²) in [7, 11) is 0. The molecule has 0 bridgehead atoms. The van der Waals surface area contributed by atoms with E-state index in [4.69, 9.17) is 10.2 Å². The first-order valence-corrected chi connectivity index (χ1v) is 4.03. The molecule has 0 heterocycles. The summed E-state index contributed by atoms with van der Waals surface area (Å²) in [6.45, 7) is 2.31. The lowest BCUT2D eigenvalue weighted by molar-refractivity contribution is 0.153. The average molecular weight is 144 g/mol. The van der Waals surface area contributed by atoms with E-state index in [2.05, 4.69) is 0 Å². The minimum absolute atomic E-state index is 0.0981. The molecule has 0 spiro atoms. The second-order valence-electron chi connectivity index (χ2n) is 3.39. The van der Waals surface area contributed by atoms with Gasteiger partial charge in [-0.05, 0) is 31.1 Å². The Kier molecular flexibility index (Phi) is 2.69. The lowest BCUT2D eigenvalue weighted by Gasteiger charge is -2.15. The molecule has 1 rings (SSSR count). The van der Waals surface area contributed by atoms with E-state index in [1.54, 1.807) is 0 Å². The van der Waals surface area contributed by atoms with Crippen molar-refractivity contribution in [3.63, 3.8) is 0 Å². The van der Waals surface area contributed by atoms with Gasteiger partial charge in [0.1, 0.15) is 0 Å². The number of hydrogen-bond acceptors (Lipinski definition) is 2. The van der Waals surface area contributed by atoms with E-state index in [-0.39, 0.29) is 12.7 Å². The maximum atomic E-state index is 9.16. The van der Waals surface area contributed by atoms with E-state index in [1.165, 1.54) is 0 Å². The highest BCUT2D eigenvalue weighted by Gasteiger charge is 2.26. The van der Waals surface area contributed by atoms with E-state index in [0.717, 1.165) is 19.3 Å². The molecule has 2 nitrogen and oxygen atoms in total. The summed E-state index contributed by atoms with van der Waals surface area (Å²) in [5.74, 6) is 0.928. The first-order chi connectivity index (χ1) is 4.74. The van der Waals surface area contributed by atoms with Gasteiger partial charge in [0.25, 0.3) is 0 Å². The third-order valence-corrected chi connectivity index (χ3v) is 2.54. The van der Waals surface area contributed by atoms with Crippen LogP contribution in [0.3, 0.4) is 0 Å².